The summed E-state index contributed by atoms with van der Waals surface area (Å²) >= 11 is 0. The minimum absolute atomic E-state index is 0.00814. The standard InChI is InChI=1S/C52H75N3O11/c1-5-8-9-10-11-12-13-14-15-18-27-53-50(58)65-39-24-26-44-42(33-39)48-40(22-17-20-29-57)38(21-16-19-28-56)32-41-43(54-60-4)34-47(52(66-44,49(41)48)64-30-6-2)55(51(59)61-7-3)35-37-23-25-45-46(31-37)63-36-62-45/h6,23-26,31-33,38,40,47-49,56-57H,2,5,7-22,27-30,34-36H2,1,3-4H3,(H,53,58). The lowest BCUT2D eigenvalue weighted by Crippen LogP contribution is -2.70. The number of aliphatic hydroxyl groups excluding tert-OH is 2. The fraction of sp³-hybridized carbons (Fsp3) is 0.635. The molecule has 2 aliphatic carbocycles. The molecule has 1 saturated carbocycles. The maximum atomic E-state index is 14.4. The Morgan fingerprint density at radius 3 is 2.32 bits per heavy atom. The van der Waals surface area contributed by atoms with Crippen molar-refractivity contribution in [3.63, 3.8) is 0 Å². The third-order valence-electron chi connectivity index (χ3n) is 13.5. The van der Waals surface area contributed by atoms with Crippen LogP contribution in [0.4, 0.5) is 9.59 Å². The van der Waals surface area contributed by atoms with E-state index in [1.54, 1.807) is 24.0 Å². The maximum absolute atomic E-state index is 14.4. The Morgan fingerprint density at radius 2 is 1.61 bits per heavy atom. The van der Waals surface area contributed by atoms with Crippen LogP contribution in [-0.4, -0.2) is 91.7 Å². The fourth-order valence-electron chi connectivity index (χ4n) is 10.5. The van der Waals surface area contributed by atoms with Crippen LogP contribution in [0.2, 0.25) is 0 Å². The lowest BCUT2D eigenvalue weighted by Gasteiger charge is -2.59. The molecule has 6 rings (SSSR count). The Bertz CT molecular complexity index is 1940. The zero-order valence-corrected chi connectivity index (χ0v) is 39.6. The van der Waals surface area contributed by atoms with Crippen LogP contribution in [-0.2, 0) is 20.9 Å². The Kier molecular flexibility index (Phi) is 19.9. The molecule has 66 heavy (non-hydrogen) atoms. The average Bonchev–Trinajstić information content (AvgIpc) is 3.79. The molecule has 14 nitrogen and oxygen atoms in total. The number of benzene rings is 2. The molecule has 6 atom stereocenters. The van der Waals surface area contributed by atoms with Gasteiger partial charge in [-0.3, -0.25) is 4.90 Å². The van der Waals surface area contributed by atoms with Gasteiger partial charge in [-0.2, -0.15) is 0 Å². The normalized spacial score (nSPS) is 23.0. The Hall–Kier alpha value is -4.79. The van der Waals surface area contributed by atoms with Gasteiger partial charge in [0.1, 0.15) is 24.7 Å². The molecule has 0 spiro atoms. The molecule has 2 aromatic carbocycles. The molecule has 4 aliphatic rings. The van der Waals surface area contributed by atoms with Gasteiger partial charge in [0, 0.05) is 44.2 Å². The zero-order chi connectivity index (χ0) is 46.7. The number of hydrogen-bond acceptors (Lipinski definition) is 12. The number of fused-ring (bicyclic) bond motifs is 3. The Balaban J connectivity index is 1.37. The molecule has 2 aliphatic heterocycles. The van der Waals surface area contributed by atoms with Gasteiger partial charge >= 0.3 is 12.2 Å². The summed E-state index contributed by atoms with van der Waals surface area (Å²) in [5, 5.41) is 27.5. The molecule has 2 amide bonds. The second-order valence-corrected chi connectivity index (χ2v) is 18.0. The lowest BCUT2D eigenvalue weighted by atomic mass is 9.55. The summed E-state index contributed by atoms with van der Waals surface area (Å²) < 4.78 is 37.5. The number of allylic oxidation sites excluding steroid dienone is 1. The fourth-order valence-corrected chi connectivity index (χ4v) is 10.5. The molecule has 3 N–H and O–H groups in total. The van der Waals surface area contributed by atoms with E-state index in [0.29, 0.717) is 48.1 Å². The minimum atomic E-state index is -1.49. The number of rotatable bonds is 28. The highest BCUT2D eigenvalue weighted by atomic mass is 16.7. The van der Waals surface area contributed by atoms with Crippen LogP contribution in [0, 0.1) is 17.8 Å². The first-order valence-corrected chi connectivity index (χ1v) is 24.7. The number of nitrogens with one attached hydrogen (secondary N) is 1. The highest BCUT2D eigenvalue weighted by molar-refractivity contribution is 6.03. The van der Waals surface area contributed by atoms with E-state index >= 15 is 0 Å². The predicted octanol–water partition coefficient (Wildman–Crippen LogP) is 10.3. The van der Waals surface area contributed by atoms with Crippen LogP contribution < -0.4 is 24.3 Å². The topological polar surface area (TPSA) is 167 Å². The van der Waals surface area contributed by atoms with E-state index in [2.05, 4.69) is 30.1 Å². The number of carbonyl (C=O) groups excluding carboxylic acids is 2. The van der Waals surface area contributed by atoms with Crippen molar-refractivity contribution in [2.75, 3.05) is 46.9 Å². The lowest BCUT2D eigenvalue weighted by molar-refractivity contribution is -0.256. The van der Waals surface area contributed by atoms with Gasteiger partial charge in [-0.05, 0) is 92.3 Å². The van der Waals surface area contributed by atoms with E-state index in [1.807, 2.05) is 30.3 Å². The quantitative estimate of drug-likeness (QED) is 0.0422. The van der Waals surface area contributed by atoms with Crippen molar-refractivity contribution < 1.29 is 53.1 Å². The van der Waals surface area contributed by atoms with Gasteiger partial charge in [0.2, 0.25) is 12.6 Å². The molecule has 364 valence electrons. The summed E-state index contributed by atoms with van der Waals surface area (Å²) in [4.78, 5) is 35.0. The van der Waals surface area contributed by atoms with Crippen LogP contribution in [0.25, 0.3) is 0 Å². The summed E-state index contributed by atoms with van der Waals surface area (Å²) in [6.45, 7) is 9.20. The average molecular weight is 918 g/mol. The van der Waals surface area contributed by atoms with Gasteiger partial charge in [0.25, 0.3) is 0 Å². The van der Waals surface area contributed by atoms with E-state index in [0.717, 1.165) is 61.6 Å². The van der Waals surface area contributed by atoms with Gasteiger partial charge in [-0.25, -0.2) is 9.59 Å². The maximum Gasteiger partial charge on any atom is 0.412 e. The first-order valence-electron chi connectivity index (χ1n) is 24.7. The SMILES string of the molecule is C=CCOC12Oc3ccc(OC(=O)NCCCCCCCCCCCC)cc3C3C(CCCCO)C(CCCCO)C=C(C(=NOC)CC1N(Cc1ccc4c(c1)OCO4)C(=O)OCC)C32. The van der Waals surface area contributed by atoms with Gasteiger partial charge < -0.3 is 48.8 Å². The minimum Gasteiger partial charge on any atom is -0.459 e. The molecule has 0 radical (unpaired) electrons. The highest BCUT2D eigenvalue weighted by Crippen LogP contribution is 2.62. The predicted molar refractivity (Wildman–Crippen MR) is 253 cm³/mol. The molecular weight excluding hydrogens is 843 g/mol. The van der Waals surface area contributed by atoms with Crippen molar-refractivity contribution in [3.8, 4) is 23.0 Å². The number of unbranched alkanes of at least 4 members (excludes halogenated alkanes) is 11. The van der Waals surface area contributed by atoms with E-state index in [9.17, 15) is 19.8 Å². The summed E-state index contributed by atoms with van der Waals surface area (Å²) in [6.07, 6.45) is 19.6. The first-order chi connectivity index (χ1) is 32.3. The van der Waals surface area contributed by atoms with Gasteiger partial charge in [-0.15, -0.1) is 6.58 Å². The van der Waals surface area contributed by atoms with E-state index in [-0.39, 0.29) is 63.9 Å². The largest absolute Gasteiger partial charge is 0.459 e. The van der Waals surface area contributed by atoms with E-state index in [1.165, 1.54) is 52.1 Å². The Morgan fingerprint density at radius 1 is 0.894 bits per heavy atom. The molecule has 6 unspecified atom stereocenters. The number of ether oxygens (including phenoxy) is 6. The number of nitrogens with zero attached hydrogens (tertiary/aromatic N) is 2. The van der Waals surface area contributed by atoms with E-state index in [4.69, 9.17) is 33.3 Å². The van der Waals surface area contributed by atoms with Crippen molar-refractivity contribution in [2.24, 2.45) is 22.9 Å². The van der Waals surface area contributed by atoms with Gasteiger partial charge in [0.15, 0.2) is 11.5 Å². The monoisotopic (exact) mass is 918 g/mol. The number of carbonyl (C=O) groups is 2. The Labute approximate surface area is 392 Å². The number of hydrogen-bond donors (Lipinski definition) is 3. The third kappa shape index (κ3) is 12.6. The van der Waals surface area contributed by atoms with Crippen LogP contribution in [0.1, 0.15) is 140 Å². The van der Waals surface area contributed by atoms with Crippen molar-refractivity contribution in [1.29, 1.82) is 0 Å². The van der Waals surface area contributed by atoms with Gasteiger partial charge in [-0.1, -0.05) is 101 Å². The molecule has 2 heterocycles. The van der Waals surface area contributed by atoms with Crippen LogP contribution >= 0.6 is 0 Å². The van der Waals surface area contributed by atoms with Crippen LogP contribution in [0.15, 0.2) is 65.9 Å². The molecular formula is C52H75N3O11. The third-order valence-corrected chi connectivity index (χ3v) is 13.5. The molecule has 0 bridgehead atoms. The molecule has 2 aromatic rings. The summed E-state index contributed by atoms with van der Waals surface area (Å²) in [5.41, 5.74) is 3.18. The number of aliphatic hydroxyl groups is 2. The second kappa shape index (κ2) is 25.9. The van der Waals surface area contributed by atoms with Crippen molar-refractivity contribution >= 4 is 17.9 Å². The van der Waals surface area contributed by atoms with E-state index < -0.39 is 29.9 Å². The number of oxime groups is 1. The van der Waals surface area contributed by atoms with Crippen molar-refractivity contribution in [3.05, 3.63) is 71.8 Å². The number of amides is 2. The van der Waals surface area contributed by atoms with Crippen molar-refractivity contribution in [1.82, 2.24) is 10.2 Å². The molecule has 1 fully saturated rings. The zero-order valence-electron chi connectivity index (χ0n) is 39.6. The summed E-state index contributed by atoms with van der Waals surface area (Å²) in [6, 6.07) is 10.3. The summed E-state index contributed by atoms with van der Waals surface area (Å²) in [5.74, 6) is -0.158. The second-order valence-electron chi connectivity index (χ2n) is 18.0. The highest BCUT2D eigenvalue weighted by Gasteiger charge is 2.65. The molecule has 0 aromatic heterocycles. The first kappa shape index (κ1) is 50.6. The van der Waals surface area contributed by atoms with Gasteiger partial charge in [0.05, 0.1) is 24.8 Å². The van der Waals surface area contributed by atoms with Crippen LogP contribution in [0.5, 0.6) is 23.0 Å². The van der Waals surface area contributed by atoms with Crippen molar-refractivity contribution in [2.45, 2.75) is 147 Å². The summed E-state index contributed by atoms with van der Waals surface area (Å²) in [7, 11) is 1.52. The van der Waals surface area contributed by atoms with Crippen LogP contribution in [0.3, 0.4) is 0 Å². The molecule has 14 heteroatoms. The smallest absolute Gasteiger partial charge is 0.412 e. The molecule has 0 saturated heterocycles.